The van der Waals surface area contributed by atoms with Crippen LogP contribution in [0.15, 0.2) is 28.7 Å². The maximum absolute atomic E-state index is 11.8. The van der Waals surface area contributed by atoms with E-state index in [2.05, 4.69) is 21.2 Å². The van der Waals surface area contributed by atoms with Gasteiger partial charge in [0.2, 0.25) is 11.8 Å². The zero-order valence-electron chi connectivity index (χ0n) is 9.99. The van der Waals surface area contributed by atoms with E-state index < -0.39 is 0 Å². The van der Waals surface area contributed by atoms with Gasteiger partial charge in [-0.1, -0.05) is 22.0 Å². The molecule has 1 fully saturated rings. The molecule has 0 bridgehead atoms. The van der Waals surface area contributed by atoms with Gasteiger partial charge < -0.3 is 10.2 Å². The van der Waals surface area contributed by atoms with Gasteiger partial charge in [0, 0.05) is 23.1 Å². The first-order chi connectivity index (χ1) is 8.65. The second kappa shape index (κ2) is 6.00. The summed E-state index contributed by atoms with van der Waals surface area (Å²) in [6.07, 6.45) is 2.47. The Hall–Kier alpha value is -1.36. The Morgan fingerprint density at radius 2 is 2.22 bits per heavy atom. The summed E-state index contributed by atoms with van der Waals surface area (Å²) in [5, 5.41) is 2.79. The summed E-state index contributed by atoms with van der Waals surface area (Å²) in [4.78, 5) is 25.0. The van der Waals surface area contributed by atoms with Crippen molar-refractivity contribution < 1.29 is 9.59 Å². The number of benzene rings is 1. The molecule has 1 aromatic carbocycles. The van der Waals surface area contributed by atoms with Gasteiger partial charge in [-0.15, -0.1) is 0 Å². The largest absolute Gasteiger partial charge is 0.333 e. The van der Waals surface area contributed by atoms with Crippen molar-refractivity contribution in [1.29, 1.82) is 0 Å². The normalized spacial score (nSPS) is 15.6. The zero-order chi connectivity index (χ0) is 13.0. The molecule has 2 rings (SSSR count). The summed E-state index contributed by atoms with van der Waals surface area (Å²) >= 11 is 3.34. The van der Waals surface area contributed by atoms with Crippen LogP contribution in [0.1, 0.15) is 19.3 Å². The summed E-state index contributed by atoms with van der Waals surface area (Å²) in [5.41, 5.74) is 0.735. The van der Waals surface area contributed by atoms with Gasteiger partial charge in [-0.3, -0.25) is 9.59 Å². The third-order valence-electron chi connectivity index (χ3n) is 2.86. The van der Waals surface area contributed by atoms with Crippen molar-refractivity contribution >= 4 is 33.4 Å². The van der Waals surface area contributed by atoms with Gasteiger partial charge in [0.05, 0.1) is 6.54 Å². The van der Waals surface area contributed by atoms with E-state index in [1.807, 2.05) is 24.3 Å². The molecule has 0 aromatic heterocycles. The molecular weight excluding hydrogens is 296 g/mol. The lowest BCUT2D eigenvalue weighted by Gasteiger charge is -2.25. The van der Waals surface area contributed by atoms with Gasteiger partial charge in [0.25, 0.3) is 0 Å². The molecule has 0 aliphatic carbocycles. The fraction of sp³-hybridized carbons (Fsp3) is 0.385. The third-order valence-corrected chi connectivity index (χ3v) is 3.36. The molecule has 1 aliphatic heterocycles. The fourth-order valence-corrected chi connectivity index (χ4v) is 2.37. The van der Waals surface area contributed by atoms with Crippen molar-refractivity contribution in [3.63, 3.8) is 0 Å². The number of halogens is 1. The molecular formula is C13H15BrN2O2. The first-order valence-electron chi connectivity index (χ1n) is 5.98. The highest BCUT2D eigenvalue weighted by molar-refractivity contribution is 9.10. The number of rotatable bonds is 3. The fourth-order valence-electron chi connectivity index (χ4n) is 1.97. The summed E-state index contributed by atoms with van der Waals surface area (Å²) in [7, 11) is 0. The highest BCUT2D eigenvalue weighted by Gasteiger charge is 2.20. The highest BCUT2D eigenvalue weighted by atomic mass is 79.9. The molecule has 4 nitrogen and oxygen atoms in total. The molecule has 0 radical (unpaired) electrons. The molecule has 0 atom stereocenters. The number of likely N-dealkylation sites (tertiary alicyclic amines) is 1. The number of anilines is 1. The van der Waals surface area contributed by atoms with E-state index in [1.165, 1.54) is 0 Å². The molecule has 1 saturated heterocycles. The molecule has 1 aromatic rings. The van der Waals surface area contributed by atoms with Gasteiger partial charge >= 0.3 is 0 Å². The minimum absolute atomic E-state index is 0.0747. The predicted octanol–water partition coefficient (Wildman–Crippen LogP) is 2.40. The first kappa shape index (κ1) is 13.1. The Balaban J connectivity index is 1.90. The van der Waals surface area contributed by atoms with Crippen LogP contribution in [0.25, 0.3) is 0 Å². The number of nitrogens with zero attached hydrogens (tertiary/aromatic N) is 1. The van der Waals surface area contributed by atoms with Crippen molar-refractivity contribution in [2.45, 2.75) is 19.3 Å². The van der Waals surface area contributed by atoms with Gasteiger partial charge in [0.15, 0.2) is 0 Å². The Bertz CT molecular complexity index is 462. The molecule has 2 amide bonds. The van der Waals surface area contributed by atoms with Gasteiger partial charge in [-0.05, 0) is 31.0 Å². The second-order valence-electron chi connectivity index (χ2n) is 4.33. The molecule has 1 aliphatic rings. The van der Waals surface area contributed by atoms with E-state index in [0.29, 0.717) is 13.0 Å². The number of nitrogens with one attached hydrogen (secondary N) is 1. The van der Waals surface area contributed by atoms with Gasteiger partial charge in [-0.2, -0.15) is 0 Å². The lowest BCUT2D eigenvalue weighted by molar-refractivity contribution is -0.136. The molecule has 1 N–H and O–H groups in total. The average molecular weight is 311 g/mol. The Labute approximate surface area is 114 Å². The molecule has 96 valence electrons. The number of piperidine rings is 1. The minimum atomic E-state index is -0.150. The Morgan fingerprint density at radius 1 is 1.39 bits per heavy atom. The maximum atomic E-state index is 11.8. The second-order valence-corrected chi connectivity index (χ2v) is 5.25. The number of hydrogen-bond donors (Lipinski definition) is 1. The number of carbonyl (C=O) groups is 2. The number of amides is 2. The SMILES string of the molecule is O=C(CN1CCCCC1=O)Nc1cccc(Br)c1. The topological polar surface area (TPSA) is 49.4 Å². The van der Waals surface area contributed by atoms with Crippen LogP contribution in [0.2, 0.25) is 0 Å². The van der Waals surface area contributed by atoms with E-state index in [4.69, 9.17) is 0 Å². The van der Waals surface area contributed by atoms with Crippen LogP contribution in [0, 0.1) is 0 Å². The van der Waals surface area contributed by atoms with Crippen molar-refractivity contribution in [1.82, 2.24) is 4.90 Å². The highest BCUT2D eigenvalue weighted by Crippen LogP contribution is 2.16. The third kappa shape index (κ3) is 3.57. The van der Waals surface area contributed by atoms with Crippen LogP contribution in [0.3, 0.4) is 0 Å². The Kier molecular flexibility index (Phi) is 4.36. The standard InChI is InChI=1S/C13H15BrN2O2/c14-10-4-3-5-11(8-10)15-12(17)9-16-7-2-1-6-13(16)18/h3-5,8H,1-2,6-7,9H2,(H,15,17). The summed E-state index contributed by atoms with van der Waals surface area (Å²) < 4.78 is 0.911. The molecule has 0 saturated carbocycles. The lowest BCUT2D eigenvalue weighted by atomic mass is 10.1. The summed E-state index contributed by atoms with van der Waals surface area (Å²) in [6, 6.07) is 7.40. The van der Waals surface area contributed by atoms with E-state index in [0.717, 1.165) is 23.0 Å². The van der Waals surface area contributed by atoms with Gasteiger partial charge in [-0.25, -0.2) is 0 Å². The Morgan fingerprint density at radius 3 is 2.94 bits per heavy atom. The monoisotopic (exact) mass is 310 g/mol. The molecule has 0 spiro atoms. The van der Waals surface area contributed by atoms with Crippen LogP contribution in [0.5, 0.6) is 0 Å². The minimum Gasteiger partial charge on any atom is -0.333 e. The molecule has 5 heteroatoms. The van der Waals surface area contributed by atoms with Crippen LogP contribution < -0.4 is 5.32 Å². The van der Waals surface area contributed by atoms with Crippen molar-refractivity contribution in [2.75, 3.05) is 18.4 Å². The zero-order valence-corrected chi connectivity index (χ0v) is 11.6. The number of hydrogen-bond acceptors (Lipinski definition) is 2. The van der Waals surface area contributed by atoms with Crippen molar-refractivity contribution in [3.05, 3.63) is 28.7 Å². The first-order valence-corrected chi connectivity index (χ1v) is 6.77. The predicted molar refractivity (Wildman–Crippen MR) is 73.2 cm³/mol. The van der Waals surface area contributed by atoms with Gasteiger partial charge in [0.1, 0.15) is 0 Å². The van der Waals surface area contributed by atoms with E-state index >= 15 is 0 Å². The van der Waals surface area contributed by atoms with Crippen LogP contribution in [-0.4, -0.2) is 29.8 Å². The molecule has 0 unspecified atom stereocenters. The average Bonchev–Trinajstić information content (AvgIpc) is 2.32. The van der Waals surface area contributed by atoms with Crippen LogP contribution in [-0.2, 0) is 9.59 Å². The van der Waals surface area contributed by atoms with Crippen molar-refractivity contribution in [3.8, 4) is 0 Å². The molecule has 18 heavy (non-hydrogen) atoms. The maximum Gasteiger partial charge on any atom is 0.243 e. The van der Waals surface area contributed by atoms with Crippen molar-refractivity contribution in [2.24, 2.45) is 0 Å². The number of carbonyl (C=O) groups excluding carboxylic acids is 2. The van der Waals surface area contributed by atoms with E-state index in [-0.39, 0.29) is 18.4 Å². The van der Waals surface area contributed by atoms with E-state index in [9.17, 15) is 9.59 Å². The molecule has 1 heterocycles. The summed E-state index contributed by atoms with van der Waals surface area (Å²) in [5.74, 6) is -0.0750. The van der Waals surface area contributed by atoms with E-state index in [1.54, 1.807) is 4.90 Å². The quantitative estimate of drug-likeness (QED) is 0.932. The van der Waals surface area contributed by atoms with Crippen LogP contribution in [0.4, 0.5) is 5.69 Å². The smallest absolute Gasteiger partial charge is 0.243 e. The lowest BCUT2D eigenvalue weighted by Crippen LogP contribution is -2.40. The summed E-state index contributed by atoms with van der Waals surface area (Å²) in [6.45, 7) is 0.829. The van der Waals surface area contributed by atoms with Crippen LogP contribution >= 0.6 is 15.9 Å².